The van der Waals surface area contributed by atoms with Gasteiger partial charge in [-0.25, -0.2) is 0 Å². The van der Waals surface area contributed by atoms with Gasteiger partial charge in [-0.05, 0) is 43.2 Å². The Kier molecular flexibility index (Phi) is 6.53. The number of carbonyl (C=O) groups is 3. The van der Waals surface area contributed by atoms with Crippen molar-refractivity contribution in [3.05, 3.63) is 24.3 Å². The number of hydrogen-bond donors (Lipinski definition) is 1. The van der Waals surface area contributed by atoms with Crippen molar-refractivity contribution >= 4 is 55.3 Å². The molecule has 1 saturated heterocycles. The van der Waals surface area contributed by atoms with Gasteiger partial charge >= 0.3 is 0 Å². The molecule has 0 unspecified atom stereocenters. The minimum atomic E-state index is -0.144. The Morgan fingerprint density at radius 1 is 1.10 bits per heavy atom. The van der Waals surface area contributed by atoms with Crippen LogP contribution in [0.15, 0.2) is 24.3 Å². The van der Waals surface area contributed by atoms with Crippen molar-refractivity contribution in [1.29, 1.82) is 0 Å². The predicted octanol–water partition coefficient (Wildman–Crippen LogP) is 3.97. The van der Waals surface area contributed by atoms with Crippen LogP contribution < -0.4 is 10.1 Å². The number of fused-ring (bicyclic) bond motifs is 5. The molecule has 1 aromatic carbocycles. The van der Waals surface area contributed by atoms with E-state index in [4.69, 9.17) is 4.74 Å². The van der Waals surface area contributed by atoms with Crippen LogP contribution in [0.4, 0.5) is 5.69 Å². The van der Waals surface area contributed by atoms with E-state index >= 15 is 0 Å². The number of unbranched alkanes of at least 4 members (excludes halogenated alkanes) is 2. The van der Waals surface area contributed by atoms with Crippen LogP contribution in [0.5, 0.6) is 5.75 Å². The second kappa shape index (κ2) is 8.99. The molecular weight excluding hydrogens is 516 g/mol. The van der Waals surface area contributed by atoms with Crippen molar-refractivity contribution in [2.75, 3.05) is 19.0 Å². The number of ether oxygens (including phenoxy) is 1. The molecule has 1 heterocycles. The number of alkyl halides is 2. The van der Waals surface area contributed by atoms with E-state index in [0.29, 0.717) is 24.4 Å². The maximum Gasteiger partial charge on any atom is 0.233 e. The third-order valence-electron chi connectivity index (χ3n) is 6.72. The number of nitrogens with one attached hydrogen (secondary N) is 1. The number of carbonyl (C=O) groups excluding carboxylic acids is 3. The monoisotopic (exact) mass is 540 g/mol. The minimum absolute atomic E-state index is 0.0112. The fourth-order valence-electron chi connectivity index (χ4n) is 5.29. The Labute approximate surface area is 193 Å². The lowest BCUT2D eigenvalue weighted by molar-refractivity contribution is -0.140. The third-order valence-corrected chi connectivity index (χ3v) is 9.92. The molecule has 6 atom stereocenters. The van der Waals surface area contributed by atoms with Crippen LogP contribution in [0.2, 0.25) is 0 Å². The van der Waals surface area contributed by atoms with Gasteiger partial charge in [0.1, 0.15) is 5.75 Å². The van der Waals surface area contributed by atoms with E-state index in [2.05, 4.69) is 37.2 Å². The van der Waals surface area contributed by atoms with Gasteiger partial charge in [0.15, 0.2) is 0 Å². The van der Waals surface area contributed by atoms with Gasteiger partial charge in [-0.15, -0.1) is 0 Å². The summed E-state index contributed by atoms with van der Waals surface area (Å²) in [6, 6.07) is 7.26. The summed E-state index contributed by atoms with van der Waals surface area (Å²) in [5, 5.41) is 2.87. The first-order valence-corrected chi connectivity index (χ1v) is 12.3. The van der Waals surface area contributed by atoms with Crippen molar-refractivity contribution in [1.82, 2.24) is 4.90 Å². The van der Waals surface area contributed by atoms with Crippen LogP contribution in [0.3, 0.4) is 0 Å². The summed E-state index contributed by atoms with van der Waals surface area (Å²) in [4.78, 5) is 39.9. The van der Waals surface area contributed by atoms with E-state index < -0.39 is 0 Å². The van der Waals surface area contributed by atoms with E-state index in [1.807, 2.05) is 18.2 Å². The quantitative estimate of drug-likeness (QED) is 0.307. The highest BCUT2D eigenvalue weighted by atomic mass is 79.9. The maximum atomic E-state index is 12.9. The molecule has 2 aliphatic carbocycles. The SMILES string of the molecule is COc1cccc(NC(=O)CCCCCN2C(=O)[C@H]3[C@@H]4C[C@@H]([C@@H](Br)[C@@H]4Br)[C@@H]3C2=O)c1. The van der Waals surface area contributed by atoms with Gasteiger partial charge in [0, 0.05) is 34.4 Å². The number of methoxy groups -OCH3 is 1. The molecule has 3 fully saturated rings. The predicted molar refractivity (Wildman–Crippen MR) is 121 cm³/mol. The lowest BCUT2D eigenvalue weighted by Gasteiger charge is -2.28. The molecule has 3 aliphatic rings. The minimum Gasteiger partial charge on any atom is -0.497 e. The number of imide groups is 1. The first-order valence-electron chi connectivity index (χ1n) is 10.5. The van der Waals surface area contributed by atoms with Crippen molar-refractivity contribution in [3.63, 3.8) is 0 Å². The molecule has 8 heteroatoms. The second-order valence-electron chi connectivity index (χ2n) is 8.42. The first-order chi connectivity index (χ1) is 14.4. The van der Waals surface area contributed by atoms with Gasteiger partial charge in [-0.3, -0.25) is 19.3 Å². The molecule has 4 rings (SSSR count). The second-order valence-corrected chi connectivity index (χ2v) is 10.5. The number of anilines is 1. The highest BCUT2D eigenvalue weighted by Crippen LogP contribution is 2.60. The highest BCUT2D eigenvalue weighted by molar-refractivity contribution is 9.12. The summed E-state index contributed by atoms with van der Waals surface area (Å²) in [5.41, 5.74) is 0.712. The van der Waals surface area contributed by atoms with Gasteiger partial charge in [-0.2, -0.15) is 0 Å². The Morgan fingerprint density at radius 2 is 1.77 bits per heavy atom. The zero-order valence-electron chi connectivity index (χ0n) is 16.9. The van der Waals surface area contributed by atoms with Crippen molar-refractivity contribution < 1.29 is 19.1 Å². The van der Waals surface area contributed by atoms with Crippen molar-refractivity contribution in [2.24, 2.45) is 23.7 Å². The summed E-state index contributed by atoms with van der Waals surface area (Å²) < 4.78 is 5.16. The molecule has 0 spiro atoms. The largest absolute Gasteiger partial charge is 0.497 e. The van der Waals surface area contributed by atoms with Crippen LogP contribution >= 0.6 is 31.9 Å². The van der Waals surface area contributed by atoms with Gasteiger partial charge in [0.05, 0.1) is 18.9 Å². The van der Waals surface area contributed by atoms with Crippen LogP contribution in [0.25, 0.3) is 0 Å². The van der Waals surface area contributed by atoms with E-state index in [1.54, 1.807) is 13.2 Å². The molecule has 1 aliphatic heterocycles. The van der Waals surface area contributed by atoms with E-state index in [1.165, 1.54) is 4.90 Å². The molecule has 0 aromatic heterocycles. The molecule has 1 N–H and O–H groups in total. The van der Waals surface area contributed by atoms with Crippen LogP contribution in [-0.4, -0.2) is 45.9 Å². The number of hydrogen-bond acceptors (Lipinski definition) is 4. The van der Waals surface area contributed by atoms with E-state index in [0.717, 1.165) is 25.7 Å². The summed E-state index contributed by atoms with van der Waals surface area (Å²) in [6.07, 6.45) is 3.61. The van der Waals surface area contributed by atoms with Crippen LogP contribution in [0, 0.1) is 23.7 Å². The van der Waals surface area contributed by atoms with E-state index in [9.17, 15) is 14.4 Å². The summed E-state index contributed by atoms with van der Waals surface area (Å²) in [5.74, 6) is 0.896. The number of amides is 3. The Hall–Kier alpha value is -1.41. The average Bonchev–Trinajstić information content (AvgIpc) is 3.34. The average molecular weight is 542 g/mol. The van der Waals surface area contributed by atoms with Crippen LogP contribution in [0.1, 0.15) is 32.1 Å². The summed E-state index contributed by atoms with van der Waals surface area (Å²) >= 11 is 7.42. The number of nitrogens with zero attached hydrogens (tertiary/aromatic N) is 1. The standard InChI is InChI=1S/C22H26Br2N2O4/c1-30-13-7-5-6-12(10-13)25-16(27)8-3-2-4-9-26-21(28)17-14-11-15(18(17)22(26)29)20(24)19(14)23/h5-7,10,14-15,17-20H,2-4,8-9,11H2,1H3,(H,25,27)/t14-,15+,17-,18-,19+,20+/m0/s1. The summed E-state index contributed by atoms with van der Waals surface area (Å²) in [7, 11) is 1.59. The molecular formula is C22H26Br2N2O4. The molecule has 30 heavy (non-hydrogen) atoms. The molecule has 2 saturated carbocycles. The van der Waals surface area contributed by atoms with Crippen molar-refractivity contribution in [2.45, 2.75) is 41.8 Å². The Bertz CT molecular complexity index is 816. The first kappa shape index (κ1) is 21.8. The fraction of sp³-hybridized carbons (Fsp3) is 0.591. The van der Waals surface area contributed by atoms with Gasteiger partial charge < -0.3 is 10.1 Å². The number of likely N-dealkylation sites (tertiary alicyclic amines) is 1. The van der Waals surface area contributed by atoms with Crippen LogP contribution in [-0.2, 0) is 14.4 Å². The van der Waals surface area contributed by atoms with E-state index in [-0.39, 0.29) is 51.0 Å². The molecule has 2 bridgehead atoms. The van der Waals surface area contributed by atoms with Gasteiger partial charge in [0.25, 0.3) is 0 Å². The lowest BCUT2D eigenvalue weighted by Crippen LogP contribution is -2.37. The topological polar surface area (TPSA) is 75.7 Å². The Morgan fingerprint density at radius 3 is 2.40 bits per heavy atom. The van der Waals surface area contributed by atoms with Crippen molar-refractivity contribution in [3.8, 4) is 5.75 Å². The zero-order valence-corrected chi connectivity index (χ0v) is 20.0. The Balaban J connectivity index is 1.20. The fourth-order valence-corrected chi connectivity index (χ4v) is 7.16. The maximum absolute atomic E-state index is 12.9. The zero-order chi connectivity index (χ0) is 21.4. The number of halogens is 2. The smallest absolute Gasteiger partial charge is 0.233 e. The molecule has 0 radical (unpaired) electrons. The molecule has 6 nitrogen and oxygen atoms in total. The normalized spacial score (nSPS) is 31.9. The lowest BCUT2D eigenvalue weighted by atomic mass is 9.81. The molecule has 162 valence electrons. The van der Waals surface area contributed by atoms with Gasteiger partial charge in [-0.1, -0.05) is 44.3 Å². The molecule has 1 aromatic rings. The summed E-state index contributed by atoms with van der Waals surface area (Å²) in [6.45, 7) is 0.460. The third kappa shape index (κ3) is 3.93. The molecule has 3 amide bonds. The number of rotatable bonds is 8. The van der Waals surface area contributed by atoms with Gasteiger partial charge in [0.2, 0.25) is 17.7 Å². The number of benzene rings is 1. The highest BCUT2D eigenvalue weighted by Gasteiger charge is 2.66.